The molecule has 3 rings (SSSR count). The molecule has 2 heterocycles. The largest absolute Gasteiger partial charge is 0.386 e. The van der Waals surface area contributed by atoms with Gasteiger partial charge in [0.25, 0.3) is 0 Å². The van der Waals surface area contributed by atoms with Crippen molar-refractivity contribution in [2.45, 2.75) is 12.5 Å². The first-order valence-electron chi connectivity index (χ1n) is 6.61. The van der Waals surface area contributed by atoms with E-state index in [4.69, 9.17) is 0 Å². The van der Waals surface area contributed by atoms with Crippen LogP contribution in [-0.2, 0) is 6.42 Å². The van der Waals surface area contributed by atoms with Gasteiger partial charge in [0.15, 0.2) is 0 Å². The van der Waals surface area contributed by atoms with Crippen LogP contribution in [0.5, 0.6) is 0 Å². The van der Waals surface area contributed by atoms with Crippen LogP contribution in [0.2, 0.25) is 0 Å². The highest BCUT2D eigenvalue weighted by molar-refractivity contribution is 9.10. The summed E-state index contributed by atoms with van der Waals surface area (Å²) < 4.78 is 2.67. The molecular weight excluding hydrogens is 330 g/mol. The Morgan fingerprint density at radius 3 is 2.71 bits per heavy atom. The van der Waals surface area contributed by atoms with Crippen molar-refractivity contribution in [3.05, 3.63) is 76.8 Å². The number of halogens is 1. The fraction of sp³-hybridized carbons (Fsp3) is 0.125. The molecule has 0 saturated heterocycles. The van der Waals surface area contributed by atoms with Gasteiger partial charge in [-0.1, -0.05) is 18.2 Å². The molecule has 21 heavy (non-hydrogen) atoms. The van der Waals surface area contributed by atoms with Gasteiger partial charge in [0.1, 0.15) is 6.10 Å². The second-order valence-electron chi connectivity index (χ2n) is 4.75. The maximum Gasteiger partial charge on any atom is 0.102 e. The number of nitrogens with zero attached hydrogens (tertiary/aromatic N) is 3. The van der Waals surface area contributed by atoms with Gasteiger partial charge in [-0.3, -0.25) is 4.98 Å². The van der Waals surface area contributed by atoms with Gasteiger partial charge < -0.3 is 5.11 Å². The number of para-hydroxylation sites is 1. The SMILES string of the molecule is OC(Cc1cncc(Br)c1)c1ccn(-c2ccccc2)n1. The van der Waals surface area contributed by atoms with Crippen LogP contribution in [0.25, 0.3) is 5.69 Å². The summed E-state index contributed by atoms with van der Waals surface area (Å²) in [5.41, 5.74) is 2.59. The fourth-order valence-electron chi connectivity index (χ4n) is 2.14. The summed E-state index contributed by atoms with van der Waals surface area (Å²) >= 11 is 3.38. The van der Waals surface area contributed by atoms with E-state index >= 15 is 0 Å². The molecular formula is C16H14BrN3O. The molecule has 4 nitrogen and oxygen atoms in total. The topological polar surface area (TPSA) is 50.9 Å². The molecule has 3 aromatic rings. The molecule has 1 aromatic carbocycles. The Morgan fingerprint density at radius 1 is 1.14 bits per heavy atom. The van der Waals surface area contributed by atoms with Crippen molar-refractivity contribution < 1.29 is 5.11 Å². The molecule has 0 amide bonds. The molecule has 1 unspecified atom stereocenters. The number of aromatic nitrogens is 3. The molecule has 106 valence electrons. The Bertz CT molecular complexity index is 727. The zero-order valence-electron chi connectivity index (χ0n) is 11.2. The average molecular weight is 344 g/mol. The van der Waals surface area contributed by atoms with Crippen LogP contribution in [0.1, 0.15) is 17.4 Å². The summed E-state index contributed by atoms with van der Waals surface area (Å²) in [5, 5.41) is 14.7. The van der Waals surface area contributed by atoms with E-state index in [1.165, 1.54) is 0 Å². The van der Waals surface area contributed by atoms with E-state index in [1.807, 2.05) is 48.7 Å². The molecule has 2 aromatic heterocycles. The average Bonchev–Trinajstić information content (AvgIpc) is 2.98. The maximum atomic E-state index is 10.3. The lowest BCUT2D eigenvalue weighted by molar-refractivity contribution is 0.173. The highest BCUT2D eigenvalue weighted by atomic mass is 79.9. The lowest BCUT2D eigenvalue weighted by Gasteiger charge is -2.08. The van der Waals surface area contributed by atoms with Crippen molar-refractivity contribution >= 4 is 15.9 Å². The van der Waals surface area contributed by atoms with Crippen LogP contribution in [0.3, 0.4) is 0 Å². The summed E-state index contributed by atoms with van der Waals surface area (Å²) in [7, 11) is 0. The summed E-state index contributed by atoms with van der Waals surface area (Å²) in [6, 6.07) is 13.6. The summed E-state index contributed by atoms with van der Waals surface area (Å²) in [6.45, 7) is 0. The van der Waals surface area contributed by atoms with E-state index in [9.17, 15) is 5.11 Å². The standard InChI is InChI=1S/C16H14BrN3O/c17-13-8-12(10-18-11-13)9-16(21)15-6-7-20(19-15)14-4-2-1-3-5-14/h1-8,10-11,16,21H,9H2. The van der Waals surface area contributed by atoms with Crippen molar-refractivity contribution in [3.8, 4) is 5.69 Å². The van der Waals surface area contributed by atoms with Gasteiger partial charge in [0.05, 0.1) is 11.4 Å². The third kappa shape index (κ3) is 3.37. The highest BCUT2D eigenvalue weighted by Gasteiger charge is 2.12. The third-order valence-corrected chi connectivity index (χ3v) is 3.60. The summed E-state index contributed by atoms with van der Waals surface area (Å²) in [6.07, 6.45) is 5.17. The Kier molecular flexibility index (Phi) is 4.13. The number of aliphatic hydroxyl groups is 1. The molecule has 1 N–H and O–H groups in total. The normalized spacial score (nSPS) is 12.3. The van der Waals surface area contributed by atoms with Crippen molar-refractivity contribution in [1.29, 1.82) is 0 Å². The molecule has 0 spiro atoms. The Hall–Kier alpha value is -1.98. The van der Waals surface area contributed by atoms with Crippen LogP contribution >= 0.6 is 15.9 Å². The van der Waals surface area contributed by atoms with Gasteiger partial charge in [-0.15, -0.1) is 0 Å². The van der Waals surface area contributed by atoms with Crippen LogP contribution in [0, 0.1) is 0 Å². The van der Waals surface area contributed by atoms with E-state index in [0.29, 0.717) is 12.1 Å². The van der Waals surface area contributed by atoms with Crippen LogP contribution in [0.4, 0.5) is 0 Å². The van der Waals surface area contributed by atoms with E-state index in [1.54, 1.807) is 17.1 Å². The van der Waals surface area contributed by atoms with Crippen molar-refractivity contribution in [2.24, 2.45) is 0 Å². The number of hydrogen-bond donors (Lipinski definition) is 1. The lowest BCUT2D eigenvalue weighted by atomic mass is 10.1. The second-order valence-corrected chi connectivity index (χ2v) is 5.67. The van der Waals surface area contributed by atoms with Gasteiger partial charge in [-0.2, -0.15) is 5.10 Å². The smallest absolute Gasteiger partial charge is 0.102 e. The summed E-state index contributed by atoms with van der Waals surface area (Å²) in [5.74, 6) is 0. The zero-order chi connectivity index (χ0) is 14.7. The van der Waals surface area contributed by atoms with Crippen molar-refractivity contribution in [1.82, 2.24) is 14.8 Å². The molecule has 5 heteroatoms. The summed E-state index contributed by atoms with van der Waals surface area (Å²) in [4.78, 5) is 4.10. The lowest BCUT2D eigenvalue weighted by Crippen LogP contribution is -2.04. The predicted octanol–water partition coefficient (Wildman–Crippen LogP) is 3.31. The number of hydrogen-bond acceptors (Lipinski definition) is 3. The highest BCUT2D eigenvalue weighted by Crippen LogP contribution is 2.19. The predicted molar refractivity (Wildman–Crippen MR) is 84.2 cm³/mol. The number of pyridine rings is 1. The Labute approximate surface area is 131 Å². The van der Waals surface area contributed by atoms with Crippen molar-refractivity contribution in [3.63, 3.8) is 0 Å². The monoisotopic (exact) mass is 343 g/mol. The van der Waals surface area contributed by atoms with Gasteiger partial charge in [0.2, 0.25) is 0 Å². The Balaban J connectivity index is 1.77. The fourth-order valence-corrected chi connectivity index (χ4v) is 2.55. The quantitative estimate of drug-likeness (QED) is 0.790. The molecule has 0 bridgehead atoms. The van der Waals surface area contributed by atoms with E-state index in [0.717, 1.165) is 15.7 Å². The van der Waals surface area contributed by atoms with E-state index in [2.05, 4.69) is 26.0 Å². The first-order chi connectivity index (χ1) is 10.2. The number of rotatable bonds is 4. The van der Waals surface area contributed by atoms with Gasteiger partial charge in [0, 0.05) is 29.5 Å². The van der Waals surface area contributed by atoms with Gasteiger partial charge in [-0.05, 0) is 45.8 Å². The van der Waals surface area contributed by atoms with Crippen molar-refractivity contribution in [2.75, 3.05) is 0 Å². The van der Waals surface area contributed by atoms with Gasteiger partial charge in [-0.25, -0.2) is 4.68 Å². The molecule has 0 saturated carbocycles. The number of benzene rings is 1. The zero-order valence-corrected chi connectivity index (χ0v) is 12.8. The third-order valence-electron chi connectivity index (χ3n) is 3.16. The van der Waals surface area contributed by atoms with E-state index in [-0.39, 0.29) is 0 Å². The molecule has 1 atom stereocenters. The first kappa shape index (κ1) is 14.0. The molecule has 0 aliphatic carbocycles. The van der Waals surface area contributed by atoms with Crippen LogP contribution < -0.4 is 0 Å². The molecule has 0 aliphatic heterocycles. The minimum atomic E-state index is -0.647. The minimum absolute atomic E-state index is 0.484. The van der Waals surface area contributed by atoms with Crippen LogP contribution in [-0.4, -0.2) is 19.9 Å². The maximum absolute atomic E-state index is 10.3. The van der Waals surface area contributed by atoms with Gasteiger partial charge >= 0.3 is 0 Å². The molecule has 0 aliphatic rings. The number of aliphatic hydroxyl groups excluding tert-OH is 1. The van der Waals surface area contributed by atoms with E-state index < -0.39 is 6.10 Å². The Morgan fingerprint density at radius 2 is 1.95 bits per heavy atom. The first-order valence-corrected chi connectivity index (χ1v) is 7.40. The van der Waals surface area contributed by atoms with Crippen LogP contribution in [0.15, 0.2) is 65.5 Å². The molecule has 0 radical (unpaired) electrons. The minimum Gasteiger partial charge on any atom is -0.386 e. The molecule has 0 fully saturated rings. The second kappa shape index (κ2) is 6.20.